The van der Waals surface area contributed by atoms with Crippen molar-refractivity contribution in [2.75, 3.05) is 18.2 Å². The van der Waals surface area contributed by atoms with Gasteiger partial charge in [-0.2, -0.15) is 4.98 Å². The highest BCUT2D eigenvalue weighted by atomic mass is 16.5. The number of hydrogen-bond acceptors (Lipinski definition) is 4. The number of ether oxygens (including phenoxy) is 1. The first-order valence-corrected chi connectivity index (χ1v) is 4.77. The maximum Gasteiger partial charge on any atom is 0.238 e. The molecular formula is C10H15N3O. The van der Waals surface area contributed by atoms with E-state index >= 15 is 0 Å². The summed E-state index contributed by atoms with van der Waals surface area (Å²) < 4.78 is 5.04. The van der Waals surface area contributed by atoms with Crippen molar-refractivity contribution in [3.05, 3.63) is 12.1 Å². The van der Waals surface area contributed by atoms with Crippen LogP contribution in [0.1, 0.15) is 13.3 Å². The highest BCUT2D eigenvalue weighted by Gasteiger charge is 2.32. The number of pyridine rings is 1. The van der Waals surface area contributed by atoms with E-state index < -0.39 is 0 Å². The molecule has 4 heteroatoms. The summed E-state index contributed by atoms with van der Waals surface area (Å²) in [6.45, 7) is 2.21. The minimum atomic E-state index is 0.489. The zero-order chi connectivity index (χ0) is 10.1. The smallest absolute Gasteiger partial charge is 0.238 e. The Morgan fingerprint density at radius 1 is 1.57 bits per heavy atom. The molecule has 1 saturated carbocycles. The second kappa shape index (κ2) is 3.36. The number of nitrogen functional groups attached to an aromatic ring is 1. The second-order valence-corrected chi connectivity index (χ2v) is 3.76. The van der Waals surface area contributed by atoms with Crippen LogP contribution in [0.5, 0.6) is 5.88 Å². The number of methoxy groups -OCH3 is 1. The van der Waals surface area contributed by atoms with Crippen LogP contribution in [0.15, 0.2) is 12.1 Å². The number of nitrogens with one attached hydrogen (secondary N) is 1. The van der Waals surface area contributed by atoms with Crippen molar-refractivity contribution in [3.63, 3.8) is 0 Å². The van der Waals surface area contributed by atoms with Crippen LogP contribution in [0.4, 0.5) is 11.5 Å². The first-order chi connectivity index (χ1) is 6.70. The first kappa shape index (κ1) is 9.12. The Bertz CT molecular complexity index is 340. The first-order valence-electron chi connectivity index (χ1n) is 4.77. The second-order valence-electron chi connectivity index (χ2n) is 3.76. The molecule has 1 aliphatic rings. The average Bonchev–Trinajstić information content (AvgIpc) is 2.85. The largest absolute Gasteiger partial charge is 0.479 e. The zero-order valence-corrected chi connectivity index (χ0v) is 8.45. The van der Waals surface area contributed by atoms with Crippen molar-refractivity contribution in [1.29, 1.82) is 0 Å². The minimum Gasteiger partial charge on any atom is -0.479 e. The molecule has 76 valence electrons. The summed E-state index contributed by atoms with van der Waals surface area (Å²) in [7, 11) is 1.57. The Hall–Kier alpha value is -1.45. The van der Waals surface area contributed by atoms with Gasteiger partial charge in [0.2, 0.25) is 5.88 Å². The Labute approximate surface area is 83.5 Å². The molecule has 1 heterocycles. The van der Waals surface area contributed by atoms with Crippen LogP contribution in [-0.2, 0) is 0 Å². The minimum absolute atomic E-state index is 0.489. The SMILES string of the molecule is COc1nc(NC2CC2C)ccc1N. The predicted molar refractivity (Wildman–Crippen MR) is 56.4 cm³/mol. The molecule has 0 saturated heterocycles. The Kier molecular flexibility index (Phi) is 2.19. The molecule has 1 fully saturated rings. The third-order valence-corrected chi connectivity index (χ3v) is 2.53. The average molecular weight is 193 g/mol. The van der Waals surface area contributed by atoms with E-state index in [4.69, 9.17) is 10.5 Å². The van der Waals surface area contributed by atoms with Gasteiger partial charge in [0.05, 0.1) is 12.8 Å². The maximum atomic E-state index is 5.66. The fourth-order valence-electron chi connectivity index (χ4n) is 1.41. The van der Waals surface area contributed by atoms with Crippen molar-refractivity contribution < 1.29 is 4.74 Å². The monoisotopic (exact) mass is 193 g/mol. The van der Waals surface area contributed by atoms with E-state index in [0.717, 1.165) is 11.7 Å². The molecule has 2 atom stereocenters. The van der Waals surface area contributed by atoms with Gasteiger partial charge < -0.3 is 15.8 Å². The number of rotatable bonds is 3. The van der Waals surface area contributed by atoms with Crippen molar-refractivity contribution in [2.24, 2.45) is 5.92 Å². The van der Waals surface area contributed by atoms with Crippen molar-refractivity contribution >= 4 is 11.5 Å². The van der Waals surface area contributed by atoms with E-state index in [1.165, 1.54) is 6.42 Å². The van der Waals surface area contributed by atoms with E-state index in [0.29, 0.717) is 17.6 Å². The standard InChI is InChI=1S/C10H15N3O/c1-6-5-8(6)12-9-4-3-7(11)10(13-9)14-2/h3-4,6,8H,5,11H2,1-2H3,(H,12,13). The number of aromatic nitrogens is 1. The van der Waals surface area contributed by atoms with Crippen molar-refractivity contribution in [3.8, 4) is 5.88 Å². The molecule has 1 aromatic heterocycles. The summed E-state index contributed by atoms with van der Waals surface area (Å²) in [5.41, 5.74) is 6.23. The van der Waals surface area contributed by atoms with Gasteiger partial charge in [0.1, 0.15) is 5.82 Å². The lowest BCUT2D eigenvalue weighted by Gasteiger charge is -2.07. The van der Waals surface area contributed by atoms with Crippen LogP contribution in [0, 0.1) is 5.92 Å². The predicted octanol–water partition coefficient (Wildman–Crippen LogP) is 1.49. The normalized spacial score (nSPS) is 24.4. The van der Waals surface area contributed by atoms with Crippen LogP contribution < -0.4 is 15.8 Å². The third-order valence-electron chi connectivity index (χ3n) is 2.53. The van der Waals surface area contributed by atoms with Crippen LogP contribution in [-0.4, -0.2) is 18.1 Å². The molecule has 2 unspecified atom stereocenters. The Balaban J connectivity index is 2.10. The molecule has 0 aromatic carbocycles. The fraction of sp³-hybridized carbons (Fsp3) is 0.500. The topological polar surface area (TPSA) is 60.2 Å². The number of nitrogens with two attached hydrogens (primary N) is 1. The van der Waals surface area contributed by atoms with Crippen molar-refractivity contribution in [1.82, 2.24) is 4.98 Å². The highest BCUT2D eigenvalue weighted by Crippen LogP contribution is 2.33. The van der Waals surface area contributed by atoms with E-state index in [-0.39, 0.29) is 0 Å². The van der Waals surface area contributed by atoms with Gasteiger partial charge in [0.15, 0.2) is 0 Å². The molecule has 0 bridgehead atoms. The van der Waals surface area contributed by atoms with Gasteiger partial charge in [0.25, 0.3) is 0 Å². The molecule has 0 radical (unpaired) electrons. The van der Waals surface area contributed by atoms with Gasteiger partial charge in [-0.15, -0.1) is 0 Å². The van der Waals surface area contributed by atoms with Gasteiger partial charge in [0, 0.05) is 6.04 Å². The van der Waals surface area contributed by atoms with Gasteiger partial charge >= 0.3 is 0 Å². The lowest BCUT2D eigenvalue weighted by Crippen LogP contribution is -2.06. The molecule has 1 aromatic rings. The van der Waals surface area contributed by atoms with Crippen molar-refractivity contribution in [2.45, 2.75) is 19.4 Å². The van der Waals surface area contributed by atoms with E-state index in [1.54, 1.807) is 13.2 Å². The van der Waals surface area contributed by atoms with Gasteiger partial charge in [-0.25, -0.2) is 0 Å². The molecule has 14 heavy (non-hydrogen) atoms. The molecular weight excluding hydrogens is 178 g/mol. The van der Waals surface area contributed by atoms with Crippen LogP contribution in [0.3, 0.4) is 0 Å². The number of hydrogen-bond donors (Lipinski definition) is 2. The molecule has 3 N–H and O–H groups in total. The molecule has 1 aliphatic carbocycles. The Morgan fingerprint density at radius 3 is 2.86 bits per heavy atom. The third kappa shape index (κ3) is 1.73. The van der Waals surface area contributed by atoms with E-state index in [9.17, 15) is 0 Å². The highest BCUT2D eigenvalue weighted by molar-refractivity contribution is 5.54. The van der Waals surface area contributed by atoms with Gasteiger partial charge in [-0.3, -0.25) is 0 Å². The summed E-state index contributed by atoms with van der Waals surface area (Å²) in [5.74, 6) is 2.08. The van der Waals surface area contributed by atoms with Gasteiger partial charge in [-0.1, -0.05) is 6.92 Å². The fourth-order valence-corrected chi connectivity index (χ4v) is 1.41. The number of anilines is 2. The Morgan fingerprint density at radius 2 is 2.29 bits per heavy atom. The molecule has 2 rings (SSSR count). The summed E-state index contributed by atoms with van der Waals surface area (Å²) in [4.78, 5) is 4.25. The van der Waals surface area contributed by atoms with Crippen LogP contribution in [0.25, 0.3) is 0 Å². The molecule has 0 amide bonds. The summed E-state index contributed by atoms with van der Waals surface area (Å²) >= 11 is 0. The molecule has 0 aliphatic heterocycles. The molecule has 0 spiro atoms. The number of nitrogens with zero attached hydrogens (tertiary/aromatic N) is 1. The van der Waals surface area contributed by atoms with Gasteiger partial charge in [-0.05, 0) is 24.5 Å². The lowest BCUT2D eigenvalue weighted by molar-refractivity contribution is 0.401. The summed E-state index contributed by atoms with van der Waals surface area (Å²) in [5, 5.41) is 3.32. The summed E-state index contributed by atoms with van der Waals surface area (Å²) in [6, 6.07) is 4.25. The van der Waals surface area contributed by atoms with E-state index in [2.05, 4.69) is 17.2 Å². The zero-order valence-electron chi connectivity index (χ0n) is 8.45. The van der Waals surface area contributed by atoms with Crippen LogP contribution >= 0.6 is 0 Å². The van der Waals surface area contributed by atoms with Crippen LogP contribution in [0.2, 0.25) is 0 Å². The maximum absolute atomic E-state index is 5.66. The quantitative estimate of drug-likeness (QED) is 0.763. The lowest BCUT2D eigenvalue weighted by atomic mass is 10.4. The summed E-state index contributed by atoms with van der Waals surface area (Å²) in [6.07, 6.45) is 1.22. The molecule has 4 nitrogen and oxygen atoms in total. The van der Waals surface area contributed by atoms with E-state index in [1.807, 2.05) is 6.07 Å².